The van der Waals surface area contributed by atoms with Gasteiger partial charge in [-0.1, -0.05) is 13.3 Å². The predicted octanol–water partition coefficient (Wildman–Crippen LogP) is 1.81. The van der Waals surface area contributed by atoms with Crippen LogP contribution in [0.2, 0.25) is 0 Å². The topological polar surface area (TPSA) is 64.4 Å². The lowest BCUT2D eigenvalue weighted by atomic mass is 10.1. The Labute approximate surface area is 101 Å². The minimum absolute atomic E-state index is 0.0516. The van der Waals surface area contributed by atoms with E-state index in [-0.39, 0.29) is 5.91 Å². The molecule has 0 heterocycles. The van der Waals surface area contributed by atoms with Crippen molar-refractivity contribution >= 4 is 11.6 Å². The molecule has 1 saturated carbocycles. The molecule has 92 valence electrons. The number of carbonyl (C=O) groups excluding carboxylic acids is 1. The van der Waals surface area contributed by atoms with Crippen LogP contribution in [-0.2, 0) is 0 Å². The van der Waals surface area contributed by atoms with E-state index in [4.69, 9.17) is 10.5 Å². The van der Waals surface area contributed by atoms with Gasteiger partial charge in [-0.2, -0.15) is 0 Å². The van der Waals surface area contributed by atoms with E-state index in [1.54, 1.807) is 25.3 Å². The molecule has 1 fully saturated rings. The first-order valence-electron chi connectivity index (χ1n) is 5.90. The fourth-order valence-corrected chi connectivity index (χ4v) is 1.98. The van der Waals surface area contributed by atoms with E-state index in [1.165, 1.54) is 0 Å². The normalized spacial score (nSPS) is 22.0. The van der Waals surface area contributed by atoms with Crippen molar-refractivity contribution < 1.29 is 9.53 Å². The first-order chi connectivity index (χ1) is 8.15. The van der Waals surface area contributed by atoms with E-state index in [9.17, 15) is 4.79 Å². The van der Waals surface area contributed by atoms with Crippen LogP contribution in [0.3, 0.4) is 0 Å². The maximum atomic E-state index is 11.9. The van der Waals surface area contributed by atoms with E-state index >= 15 is 0 Å². The third-order valence-electron chi connectivity index (χ3n) is 3.26. The number of nitrogens with one attached hydrogen (secondary N) is 1. The molecule has 0 spiro atoms. The van der Waals surface area contributed by atoms with E-state index in [2.05, 4.69) is 12.2 Å². The van der Waals surface area contributed by atoms with Gasteiger partial charge >= 0.3 is 0 Å². The third kappa shape index (κ3) is 2.52. The molecule has 2 atom stereocenters. The summed E-state index contributed by atoms with van der Waals surface area (Å²) in [6.45, 7) is 2.14. The molecule has 1 amide bonds. The summed E-state index contributed by atoms with van der Waals surface area (Å²) in [5.41, 5.74) is 6.84. The lowest BCUT2D eigenvalue weighted by Gasteiger charge is -2.08. The van der Waals surface area contributed by atoms with Gasteiger partial charge in [0.05, 0.1) is 12.8 Å². The van der Waals surface area contributed by atoms with Crippen LogP contribution in [0.4, 0.5) is 5.69 Å². The first kappa shape index (κ1) is 11.8. The van der Waals surface area contributed by atoms with Crippen LogP contribution < -0.4 is 15.8 Å². The lowest BCUT2D eigenvalue weighted by Crippen LogP contribution is -2.26. The SMILES string of the molecule is CCC1CC1NC(=O)c1ccc(N)c(OC)c1. The molecule has 1 aromatic carbocycles. The van der Waals surface area contributed by atoms with Crippen LogP contribution in [-0.4, -0.2) is 19.1 Å². The van der Waals surface area contributed by atoms with Gasteiger partial charge in [0.2, 0.25) is 0 Å². The molecule has 0 aliphatic heterocycles. The summed E-state index contributed by atoms with van der Waals surface area (Å²) in [5, 5.41) is 3.01. The van der Waals surface area contributed by atoms with Crippen molar-refractivity contribution in [2.24, 2.45) is 5.92 Å². The van der Waals surface area contributed by atoms with Crippen LogP contribution in [0.25, 0.3) is 0 Å². The molecule has 0 radical (unpaired) electrons. The fourth-order valence-electron chi connectivity index (χ4n) is 1.98. The Morgan fingerprint density at radius 2 is 2.35 bits per heavy atom. The predicted molar refractivity (Wildman–Crippen MR) is 67.1 cm³/mol. The number of nitrogens with two attached hydrogens (primary N) is 1. The Bertz CT molecular complexity index is 431. The Kier molecular flexibility index (Phi) is 3.22. The highest BCUT2D eigenvalue weighted by atomic mass is 16.5. The molecular weight excluding hydrogens is 216 g/mol. The number of ether oxygens (including phenoxy) is 1. The zero-order chi connectivity index (χ0) is 12.4. The zero-order valence-corrected chi connectivity index (χ0v) is 10.2. The number of rotatable bonds is 4. The lowest BCUT2D eigenvalue weighted by molar-refractivity contribution is 0.0948. The molecule has 0 bridgehead atoms. The average molecular weight is 234 g/mol. The van der Waals surface area contributed by atoms with Gasteiger partial charge in [-0.3, -0.25) is 4.79 Å². The van der Waals surface area contributed by atoms with Gasteiger partial charge in [0, 0.05) is 11.6 Å². The highest BCUT2D eigenvalue weighted by molar-refractivity contribution is 5.95. The Morgan fingerprint density at radius 3 is 2.94 bits per heavy atom. The molecule has 4 nitrogen and oxygen atoms in total. The number of carbonyl (C=O) groups is 1. The molecule has 0 saturated heterocycles. The summed E-state index contributed by atoms with van der Waals surface area (Å²) >= 11 is 0. The Morgan fingerprint density at radius 1 is 1.59 bits per heavy atom. The number of hydrogen-bond donors (Lipinski definition) is 2. The van der Waals surface area contributed by atoms with Gasteiger partial charge in [0.1, 0.15) is 5.75 Å². The standard InChI is InChI=1S/C13H18N2O2/c1-3-8-6-11(8)15-13(16)9-4-5-10(14)12(7-9)17-2/h4-5,7-8,11H,3,6,14H2,1-2H3,(H,15,16). The van der Waals surface area contributed by atoms with Crippen LogP contribution >= 0.6 is 0 Å². The maximum absolute atomic E-state index is 11.9. The minimum atomic E-state index is -0.0516. The first-order valence-corrected chi connectivity index (χ1v) is 5.90. The van der Waals surface area contributed by atoms with Crippen molar-refractivity contribution in [3.05, 3.63) is 23.8 Å². The maximum Gasteiger partial charge on any atom is 0.251 e. The van der Waals surface area contributed by atoms with Crippen LogP contribution in [0.15, 0.2) is 18.2 Å². The van der Waals surface area contributed by atoms with E-state index in [0.717, 1.165) is 12.8 Å². The monoisotopic (exact) mass is 234 g/mol. The summed E-state index contributed by atoms with van der Waals surface area (Å²) in [7, 11) is 1.54. The largest absolute Gasteiger partial charge is 0.495 e. The Hall–Kier alpha value is -1.71. The summed E-state index contributed by atoms with van der Waals surface area (Å²) in [4.78, 5) is 11.9. The third-order valence-corrected chi connectivity index (χ3v) is 3.26. The van der Waals surface area contributed by atoms with Gasteiger partial charge in [-0.15, -0.1) is 0 Å². The molecule has 2 unspecified atom stereocenters. The molecule has 17 heavy (non-hydrogen) atoms. The number of hydrogen-bond acceptors (Lipinski definition) is 3. The minimum Gasteiger partial charge on any atom is -0.495 e. The molecule has 0 aromatic heterocycles. The smallest absolute Gasteiger partial charge is 0.251 e. The fraction of sp³-hybridized carbons (Fsp3) is 0.462. The highest BCUT2D eigenvalue weighted by Gasteiger charge is 2.36. The number of benzene rings is 1. The van der Waals surface area contributed by atoms with Crippen LogP contribution in [0.5, 0.6) is 5.75 Å². The second-order valence-electron chi connectivity index (χ2n) is 4.44. The average Bonchev–Trinajstić information content (AvgIpc) is 3.08. The number of amides is 1. The number of methoxy groups -OCH3 is 1. The molecule has 1 aliphatic rings. The summed E-state index contributed by atoms with van der Waals surface area (Å²) in [6, 6.07) is 5.43. The second-order valence-corrected chi connectivity index (χ2v) is 4.44. The molecule has 3 N–H and O–H groups in total. The van der Waals surface area contributed by atoms with Crippen molar-refractivity contribution in [2.75, 3.05) is 12.8 Å². The van der Waals surface area contributed by atoms with Crippen molar-refractivity contribution in [3.63, 3.8) is 0 Å². The zero-order valence-electron chi connectivity index (χ0n) is 10.2. The molecule has 4 heteroatoms. The molecule has 1 aromatic rings. The highest BCUT2D eigenvalue weighted by Crippen LogP contribution is 2.33. The molecule has 1 aliphatic carbocycles. The van der Waals surface area contributed by atoms with Crippen LogP contribution in [0, 0.1) is 5.92 Å². The van der Waals surface area contributed by atoms with Gasteiger partial charge in [-0.05, 0) is 30.5 Å². The van der Waals surface area contributed by atoms with Crippen molar-refractivity contribution in [1.82, 2.24) is 5.32 Å². The van der Waals surface area contributed by atoms with Gasteiger partial charge in [0.25, 0.3) is 5.91 Å². The molecular formula is C13H18N2O2. The summed E-state index contributed by atoms with van der Waals surface area (Å²) in [5.74, 6) is 1.14. The Balaban J connectivity index is 2.04. The van der Waals surface area contributed by atoms with Crippen molar-refractivity contribution in [2.45, 2.75) is 25.8 Å². The van der Waals surface area contributed by atoms with Gasteiger partial charge in [0.15, 0.2) is 0 Å². The van der Waals surface area contributed by atoms with E-state index in [1.807, 2.05) is 0 Å². The van der Waals surface area contributed by atoms with Gasteiger partial charge in [-0.25, -0.2) is 0 Å². The van der Waals surface area contributed by atoms with E-state index in [0.29, 0.717) is 29.0 Å². The quantitative estimate of drug-likeness (QED) is 0.781. The number of nitrogen functional groups attached to an aromatic ring is 1. The summed E-state index contributed by atoms with van der Waals surface area (Å²) in [6.07, 6.45) is 2.21. The summed E-state index contributed by atoms with van der Waals surface area (Å²) < 4.78 is 5.09. The second kappa shape index (κ2) is 4.65. The van der Waals surface area contributed by atoms with Gasteiger partial charge < -0.3 is 15.8 Å². The van der Waals surface area contributed by atoms with E-state index < -0.39 is 0 Å². The van der Waals surface area contributed by atoms with Crippen LogP contribution in [0.1, 0.15) is 30.1 Å². The molecule has 2 rings (SSSR count). The number of anilines is 1. The van der Waals surface area contributed by atoms with Crippen molar-refractivity contribution in [1.29, 1.82) is 0 Å². The van der Waals surface area contributed by atoms with Crippen molar-refractivity contribution in [3.8, 4) is 5.75 Å².